The van der Waals surface area contributed by atoms with Gasteiger partial charge in [-0.2, -0.15) is 10.4 Å². The molecule has 0 saturated heterocycles. The van der Waals surface area contributed by atoms with Gasteiger partial charge in [0.25, 0.3) is 11.8 Å². The van der Waals surface area contributed by atoms with Crippen LogP contribution in [0, 0.1) is 25.2 Å². The number of nitrogens with zero attached hydrogens (tertiary/aromatic N) is 4. The van der Waals surface area contributed by atoms with E-state index < -0.39 is 11.8 Å². The molecule has 0 aliphatic carbocycles. The van der Waals surface area contributed by atoms with Crippen LogP contribution in [0.25, 0.3) is 23.0 Å². The molecule has 2 heterocycles. The van der Waals surface area contributed by atoms with E-state index in [4.69, 9.17) is 16.7 Å². The van der Waals surface area contributed by atoms with Crippen molar-refractivity contribution in [2.24, 2.45) is 0 Å². The summed E-state index contributed by atoms with van der Waals surface area (Å²) in [4.78, 5) is 28.1. The van der Waals surface area contributed by atoms with Crippen molar-refractivity contribution in [3.8, 4) is 23.0 Å². The SMILES string of the molecule is CC1=C(C#N)C(=O)N(Cc2ccccc2Cl)C(=O)/C1=C/c1cn(-c2ccccc2)nc1-c1cc(C)ccc1C. The van der Waals surface area contributed by atoms with E-state index in [1.807, 2.05) is 68.6 Å². The molecule has 1 aliphatic heterocycles. The number of amides is 2. The summed E-state index contributed by atoms with van der Waals surface area (Å²) in [5.41, 5.74) is 6.45. The largest absolute Gasteiger partial charge is 0.271 e. The van der Waals surface area contributed by atoms with Crippen LogP contribution in [-0.2, 0) is 16.1 Å². The van der Waals surface area contributed by atoms with E-state index in [0.717, 1.165) is 27.3 Å². The summed E-state index contributed by atoms with van der Waals surface area (Å²) in [5.74, 6) is -1.12. The first-order chi connectivity index (χ1) is 18.8. The van der Waals surface area contributed by atoms with Crippen LogP contribution in [0.15, 0.2) is 95.7 Å². The van der Waals surface area contributed by atoms with Crippen LogP contribution in [0.1, 0.15) is 29.2 Å². The van der Waals surface area contributed by atoms with Crippen molar-refractivity contribution in [2.75, 3.05) is 0 Å². The van der Waals surface area contributed by atoms with Gasteiger partial charge in [0.1, 0.15) is 17.3 Å². The first-order valence-electron chi connectivity index (χ1n) is 12.4. The van der Waals surface area contributed by atoms with Gasteiger partial charge in [-0.3, -0.25) is 14.5 Å². The maximum atomic E-state index is 13.8. The number of halogens is 1. The number of hydrogen-bond donors (Lipinski definition) is 0. The normalized spacial score (nSPS) is 14.7. The quantitative estimate of drug-likeness (QED) is 0.214. The molecule has 6 nitrogen and oxygen atoms in total. The Morgan fingerprint density at radius 3 is 2.38 bits per heavy atom. The van der Waals surface area contributed by atoms with Gasteiger partial charge < -0.3 is 0 Å². The summed E-state index contributed by atoms with van der Waals surface area (Å²) in [7, 11) is 0. The van der Waals surface area contributed by atoms with Gasteiger partial charge in [0.15, 0.2) is 0 Å². The highest BCUT2D eigenvalue weighted by Crippen LogP contribution is 2.33. The van der Waals surface area contributed by atoms with Gasteiger partial charge >= 0.3 is 0 Å². The van der Waals surface area contributed by atoms with Crippen LogP contribution >= 0.6 is 11.6 Å². The number of aryl methyl sites for hydroxylation is 2. The lowest BCUT2D eigenvalue weighted by Crippen LogP contribution is -2.42. The maximum absolute atomic E-state index is 13.8. The fraction of sp³-hybridized carbons (Fsp3) is 0.125. The molecule has 0 unspecified atom stereocenters. The maximum Gasteiger partial charge on any atom is 0.271 e. The monoisotopic (exact) mass is 532 g/mol. The molecule has 0 atom stereocenters. The third-order valence-electron chi connectivity index (χ3n) is 6.82. The first kappa shape index (κ1) is 25.9. The Balaban J connectivity index is 1.69. The Bertz CT molecular complexity index is 1720. The highest BCUT2D eigenvalue weighted by Gasteiger charge is 2.36. The second kappa shape index (κ2) is 10.6. The molecule has 0 saturated carbocycles. The van der Waals surface area contributed by atoms with Crippen LogP contribution in [-0.4, -0.2) is 26.5 Å². The summed E-state index contributed by atoms with van der Waals surface area (Å²) in [6.45, 7) is 5.62. The number of nitriles is 1. The van der Waals surface area contributed by atoms with Crippen molar-refractivity contribution in [1.82, 2.24) is 14.7 Å². The van der Waals surface area contributed by atoms with E-state index in [9.17, 15) is 14.9 Å². The lowest BCUT2D eigenvalue weighted by atomic mass is 9.92. The Hall–Kier alpha value is -4.73. The third kappa shape index (κ3) is 4.93. The molecule has 5 rings (SSSR count). The van der Waals surface area contributed by atoms with Gasteiger partial charge in [-0.05, 0) is 67.8 Å². The van der Waals surface area contributed by atoms with E-state index in [-0.39, 0.29) is 17.7 Å². The molecule has 0 fully saturated rings. The Morgan fingerprint density at radius 2 is 1.67 bits per heavy atom. The minimum absolute atomic E-state index is 0.0414. The molecule has 7 heteroatoms. The highest BCUT2D eigenvalue weighted by atomic mass is 35.5. The molecule has 0 radical (unpaired) electrons. The summed E-state index contributed by atoms with van der Waals surface area (Å²) in [5, 5.41) is 15.2. The zero-order valence-corrected chi connectivity index (χ0v) is 22.5. The molecule has 192 valence electrons. The van der Waals surface area contributed by atoms with E-state index in [1.54, 1.807) is 41.9 Å². The van der Waals surface area contributed by atoms with Gasteiger partial charge in [-0.1, -0.05) is 65.7 Å². The molecule has 1 aromatic heterocycles. The number of benzene rings is 3. The van der Waals surface area contributed by atoms with E-state index >= 15 is 0 Å². The smallest absolute Gasteiger partial charge is 0.269 e. The minimum atomic E-state index is -0.633. The summed E-state index contributed by atoms with van der Waals surface area (Å²) >= 11 is 6.33. The molecular formula is C32H25ClN4O2. The molecule has 0 bridgehead atoms. The van der Waals surface area contributed by atoms with Crippen LogP contribution in [0.4, 0.5) is 0 Å². The number of carbonyl (C=O) groups is 2. The fourth-order valence-corrected chi connectivity index (χ4v) is 4.83. The lowest BCUT2D eigenvalue weighted by Gasteiger charge is -2.27. The van der Waals surface area contributed by atoms with E-state index in [1.165, 1.54) is 0 Å². The average Bonchev–Trinajstić information content (AvgIpc) is 3.36. The zero-order valence-electron chi connectivity index (χ0n) is 21.8. The number of aromatic nitrogens is 2. The van der Waals surface area contributed by atoms with Crippen LogP contribution in [0.5, 0.6) is 0 Å². The number of rotatable bonds is 5. The van der Waals surface area contributed by atoms with Crippen molar-refractivity contribution >= 4 is 29.5 Å². The Morgan fingerprint density at radius 1 is 0.949 bits per heavy atom. The van der Waals surface area contributed by atoms with E-state index in [2.05, 4.69) is 6.07 Å². The molecule has 0 spiro atoms. The predicted octanol–water partition coefficient (Wildman–Crippen LogP) is 6.60. The molecule has 0 N–H and O–H groups in total. The zero-order chi connectivity index (χ0) is 27.7. The van der Waals surface area contributed by atoms with E-state index in [0.29, 0.717) is 27.4 Å². The number of imide groups is 1. The lowest BCUT2D eigenvalue weighted by molar-refractivity contribution is -0.141. The third-order valence-corrected chi connectivity index (χ3v) is 7.19. The Kier molecular flexibility index (Phi) is 7.02. The van der Waals surface area contributed by atoms with Crippen LogP contribution in [0.2, 0.25) is 5.02 Å². The van der Waals surface area contributed by atoms with Crippen LogP contribution in [0.3, 0.4) is 0 Å². The molecular weight excluding hydrogens is 508 g/mol. The molecule has 39 heavy (non-hydrogen) atoms. The number of para-hydroxylation sites is 1. The van der Waals surface area contributed by atoms with Crippen LogP contribution < -0.4 is 0 Å². The van der Waals surface area contributed by atoms with Crippen molar-refractivity contribution in [3.05, 3.63) is 123 Å². The fourth-order valence-electron chi connectivity index (χ4n) is 4.63. The van der Waals surface area contributed by atoms with Crippen molar-refractivity contribution in [2.45, 2.75) is 27.3 Å². The van der Waals surface area contributed by atoms with Crippen molar-refractivity contribution < 1.29 is 9.59 Å². The summed E-state index contributed by atoms with van der Waals surface area (Å²) in [6.07, 6.45) is 3.59. The molecule has 1 aliphatic rings. The van der Waals surface area contributed by atoms with Gasteiger partial charge in [-0.25, -0.2) is 4.68 Å². The predicted molar refractivity (Wildman–Crippen MR) is 152 cm³/mol. The van der Waals surface area contributed by atoms with Crippen molar-refractivity contribution in [3.63, 3.8) is 0 Å². The molecule has 2 amide bonds. The summed E-state index contributed by atoms with van der Waals surface area (Å²) in [6, 6.07) is 24.9. The second-order valence-corrected chi connectivity index (χ2v) is 9.90. The first-order valence-corrected chi connectivity index (χ1v) is 12.8. The standard InChI is InChI=1S/C32H25ClN4O2/c1-20-13-14-21(2)26(15-20)30-24(19-37(35-30)25-10-5-4-6-11-25)16-27-22(3)28(17-34)32(39)36(31(27)38)18-23-9-7-8-12-29(23)33/h4-16,19H,18H2,1-3H3/b27-16+. The van der Waals surface area contributed by atoms with Gasteiger partial charge in [-0.15, -0.1) is 0 Å². The average molecular weight is 533 g/mol. The molecule has 3 aromatic carbocycles. The minimum Gasteiger partial charge on any atom is -0.269 e. The second-order valence-electron chi connectivity index (χ2n) is 9.49. The van der Waals surface area contributed by atoms with Gasteiger partial charge in [0.05, 0.1) is 12.2 Å². The Labute approximate surface area is 232 Å². The number of hydrogen-bond acceptors (Lipinski definition) is 4. The number of carbonyl (C=O) groups excluding carboxylic acids is 2. The van der Waals surface area contributed by atoms with Gasteiger partial charge in [0.2, 0.25) is 0 Å². The topological polar surface area (TPSA) is 79.0 Å². The summed E-state index contributed by atoms with van der Waals surface area (Å²) < 4.78 is 1.77. The molecule has 4 aromatic rings. The van der Waals surface area contributed by atoms with Crippen molar-refractivity contribution in [1.29, 1.82) is 5.26 Å². The highest BCUT2D eigenvalue weighted by molar-refractivity contribution is 6.31. The van der Waals surface area contributed by atoms with Gasteiger partial charge in [0, 0.05) is 27.9 Å².